The van der Waals surface area contributed by atoms with E-state index in [2.05, 4.69) is 20.6 Å². The third-order valence-electron chi connectivity index (χ3n) is 4.96. The smallest absolute Gasteiger partial charge is 0.338 e. The van der Waals surface area contributed by atoms with Crippen molar-refractivity contribution in [3.63, 3.8) is 0 Å². The van der Waals surface area contributed by atoms with Gasteiger partial charge in [-0.1, -0.05) is 47.1 Å². The Morgan fingerprint density at radius 2 is 2.03 bits per heavy atom. The van der Waals surface area contributed by atoms with Crippen molar-refractivity contribution in [3.05, 3.63) is 88.2 Å². The van der Waals surface area contributed by atoms with Crippen LogP contribution in [0.4, 0.5) is 0 Å². The van der Waals surface area contributed by atoms with Gasteiger partial charge in [0.2, 0.25) is 5.82 Å². The van der Waals surface area contributed by atoms with Gasteiger partial charge in [-0.3, -0.25) is 9.32 Å². The fraction of sp³-hybridized carbons (Fsp3) is 0.190. The van der Waals surface area contributed by atoms with Crippen LogP contribution in [0.25, 0.3) is 5.69 Å². The number of carbonyl (C=O) groups excluding carboxylic acids is 1. The van der Waals surface area contributed by atoms with Gasteiger partial charge in [-0.15, -0.1) is 16.9 Å². The number of amides is 1. The van der Waals surface area contributed by atoms with Gasteiger partial charge in [0, 0.05) is 10.6 Å². The molecular weight excluding hydrogens is 416 g/mol. The van der Waals surface area contributed by atoms with Crippen LogP contribution in [-0.4, -0.2) is 36.1 Å². The Kier molecular flexibility index (Phi) is 4.91. The second-order valence-electron chi connectivity index (χ2n) is 7.20. The largest absolute Gasteiger partial charge is 0.446 e. The minimum Gasteiger partial charge on any atom is -0.338 e. The number of aryl methyl sites for hydroxylation is 1. The van der Waals surface area contributed by atoms with Gasteiger partial charge in [-0.25, -0.2) is 19.0 Å². The Morgan fingerprint density at radius 3 is 2.87 bits per heavy atom. The molecule has 5 rings (SSSR count). The van der Waals surface area contributed by atoms with Crippen molar-refractivity contribution in [1.29, 1.82) is 0 Å². The van der Waals surface area contributed by atoms with Crippen LogP contribution in [0.1, 0.15) is 33.6 Å². The van der Waals surface area contributed by atoms with E-state index < -0.39 is 17.7 Å². The lowest BCUT2D eigenvalue weighted by Gasteiger charge is -2.13. The lowest BCUT2D eigenvalue weighted by Crippen LogP contribution is -2.33. The summed E-state index contributed by atoms with van der Waals surface area (Å²) in [7, 11) is 0. The highest BCUT2D eigenvalue weighted by Crippen LogP contribution is 2.33. The number of fused-ring (bicyclic) bond motifs is 3. The number of hydrogen-bond donors (Lipinski definition) is 1. The molecule has 2 aromatic heterocycles. The molecule has 2 aromatic carbocycles. The second kappa shape index (κ2) is 7.88. The average Bonchev–Trinajstić information content (AvgIpc) is 3.36. The number of rotatable bonds is 4. The molecule has 1 aliphatic rings. The molecule has 1 amide bonds. The number of benzene rings is 2. The van der Waals surface area contributed by atoms with Crippen molar-refractivity contribution in [2.75, 3.05) is 5.75 Å². The van der Waals surface area contributed by atoms with Crippen molar-refractivity contribution in [2.45, 2.75) is 24.4 Å². The average molecular weight is 434 g/mol. The minimum absolute atomic E-state index is 0.0521. The number of carbonyl (C=O) groups is 1. The van der Waals surface area contributed by atoms with E-state index in [-0.39, 0.29) is 5.82 Å². The third-order valence-corrected chi connectivity index (χ3v) is 6.12. The van der Waals surface area contributed by atoms with Crippen LogP contribution in [0.2, 0.25) is 0 Å². The van der Waals surface area contributed by atoms with Crippen molar-refractivity contribution in [3.8, 4) is 5.69 Å². The van der Waals surface area contributed by atoms with Gasteiger partial charge >= 0.3 is 5.76 Å². The van der Waals surface area contributed by atoms with Crippen molar-refractivity contribution in [2.24, 2.45) is 0 Å². The summed E-state index contributed by atoms with van der Waals surface area (Å²) in [5.41, 5.74) is 2.93. The Morgan fingerprint density at radius 1 is 1.23 bits per heavy atom. The maximum absolute atomic E-state index is 12.8. The van der Waals surface area contributed by atoms with Crippen molar-refractivity contribution < 1.29 is 9.32 Å². The quantitative estimate of drug-likeness (QED) is 0.525. The SMILES string of the molecule is Cc1ccc(Cn2cnc(C(=O)N[C@H]3CSc4ccccc4-n4c3noc4=O)n2)cc1. The van der Waals surface area contributed by atoms with Crippen LogP contribution in [0.15, 0.2) is 69.1 Å². The van der Waals surface area contributed by atoms with Gasteiger partial charge in [-0.2, -0.15) is 0 Å². The van der Waals surface area contributed by atoms with E-state index in [1.165, 1.54) is 28.2 Å². The van der Waals surface area contributed by atoms with Gasteiger partial charge in [0.1, 0.15) is 12.4 Å². The van der Waals surface area contributed by atoms with Crippen molar-refractivity contribution in [1.82, 2.24) is 29.8 Å². The molecule has 0 bridgehead atoms. The predicted octanol–water partition coefficient (Wildman–Crippen LogP) is 2.35. The summed E-state index contributed by atoms with van der Waals surface area (Å²) in [6, 6.07) is 15.0. The Bertz CT molecular complexity index is 1310. The number of thioether (sulfide) groups is 1. The molecule has 10 heteroatoms. The lowest BCUT2D eigenvalue weighted by molar-refractivity contribution is 0.0927. The van der Waals surface area contributed by atoms with Crippen LogP contribution >= 0.6 is 11.8 Å². The second-order valence-corrected chi connectivity index (χ2v) is 8.26. The molecule has 1 N–H and O–H groups in total. The van der Waals surface area contributed by atoms with E-state index >= 15 is 0 Å². The zero-order valence-corrected chi connectivity index (χ0v) is 17.4. The maximum atomic E-state index is 12.8. The van der Waals surface area contributed by atoms with E-state index in [1.807, 2.05) is 55.5 Å². The Balaban J connectivity index is 1.36. The number of aromatic nitrogens is 5. The first-order valence-electron chi connectivity index (χ1n) is 9.65. The zero-order chi connectivity index (χ0) is 21.4. The standard InChI is InChI=1S/C21H18N6O3S/c1-13-6-8-14(9-7-13)10-26-12-22-18(24-26)20(28)23-15-11-31-17-5-3-2-4-16(17)27-19(15)25-30-21(27)29/h2-9,12,15H,10-11H2,1H3,(H,23,28)/t15-/m0/s1. The molecule has 9 nitrogen and oxygen atoms in total. The summed E-state index contributed by atoms with van der Waals surface area (Å²) in [6.07, 6.45) is 1.53. The Labute approximate surface area is 181 Å². The zero-order valence-electron chi connectivity index (χ0n) is 16.6. The summed E-state index contributed by atoms with van der Waals surface area (Å²) < 4.78 is 7.89. The summed E-state index contributed by atoms with van der Waals surface area (Å²) >= 11 is 1.53. The van der Waals surface area contributed by atoms with Crippen LogP contribution in [-0.2, 0) is 6.54 Å². The first-order chi connectivity index (χ1) is 15.1. The number of hydrogen-bond acceptors (Lipinski definition) is 7. The molecule has 1 atom stereocenters. The van der Waals surface area contributed by atoms with E-state index in [0.717, 1.165) is 10.5 Å². The van der Waals surface area contributed by atoms with Gasteiger partial charge in [0.15, 0.2) is 5.82 Å². The van der Waals surface area contributed by atoms with Crippen molar-refractivity contribution >= 4 is 17.7 Å². The molecule has 0 radical (unpaired) electrons. The summed E-state index contributed by atoms with van der Waals surface area (Å²) in [5.74, 6) is -0.157. The number of para-hydroxylation sites is 1. The molecule has 3 heterocycles. The summed E-state index contributed by atoms with van der Waals surface area (Å²) in [4.78, 5) is 30.1. The van der Waals surface area contributed by atoms with Gasteiger partial charge in [0.05, 0.1) is 12.2 Å². The molecule has 0 unspecified atom stereocenters. The van der Waals surface area contributed by atoms with E-state index in [1.54, 1.807) is 4.68 Å². The highest BCUT2D eigenvalue weighted by atomic mass is 32.2. The topological polar surface area (TPSA) is 108 Å². The van der Waals surface area contributed by atoms with Gasteiger partial charge < -0.3 is 5.32 Å². The van der Waals surface area contributed by atoms with E-state index in [0.29, 0.717) is 23.8 Å². The third kappa shape index (κ3) is 3.77. The normalized spacial score (nSPS) is 15.1. The molecule has 1 aliphatic heterocycles. The molecule has 156 valence electrons. The van der Waals surface area contributed by atoms with E-state index in [4.69, 9.17) is 4.52 Å². The highest BCUT2D eigenvalue weighted by molar-refractivity contribution is 7.99. The maximum Gasteiger partial charge on any atom is 0.446 e. The van der Waals surface area contributed by atoms with Crippen LogP contribution in [0.3, 0.4) is 0 Å². The molecular formula is C21H18N6O3S. The van der Waals surface area contributed by atoms with Gasteiger partial charge in [-0.05, 0) is 24.6 Å². The predicted molar refractivity (Wildman–Crippen MR) is 113 cm³/mol. The fourth-order valence-electron chi connectivity index (χ4n) is 3.40. The summed E-state index contributed by atoms with van der Waals surface area (Å²) in [5, 5.41) is 11.1. The molecule has 0 saturated carbocycles. The molecule has 4 aromatic rings. The van der Waals surface area contributed by atoms with Crippen LogP contribution in [0, 0.1) is 6.92 Å². The first-order valence-corrected chi connectivity index (χ1v) is 10.6. The highest BCUT2D eigenvalue weighted by Gasteiger charge is 2.29. The van der Waals surface area contributed by atoms with Gasteiger partial charge in [0.25, 0.3) is 5.91 Å². The number of nitrogens with zero attached hydrogens (tertiary/aromatic N) is 5. The first kappa shape index (κ1) is 19.3. The number of nitrogens with one attached hydrogen (secondary N) is 1. The summed E-state index contributed by atoms with van der Waals surface area (Å²) in [6.45, 7) is 2.54. The molecule has 0 aliphatic carbocycles. The monoisotopic (exact) mass is 434 g/mol. The molecule has 0 fully saturated rings. The molecule has 0 spiro atoms. The molecule has 31 heavy (non-hydrogen) atoms. The van der Waals surface area contributed by atoms with Crippen LogP contribution in [0.5, 0.6) is 0 Å². The molecule has 0 saturated heterocycles. The Hall–Kier alpha value is -3.66. The van der Waals surface area contributed by atoms with Crippen LogP contribution < -0.4 is 11.1 Å². The minimum atomic E-state index is -0.593. The lowest BCUT2D eigenvalue weighted by atomic mass is 10.1. The fourth-order valence-corrected chi connectivity index (χ4v) is 4.46. The van der Waals surface area contributed by atoms with E-state index in [9.17, 15) is 9.59 Å².